The van der Waals surface area contributed by atoms with E-state index in [0.717, 1.165) is 5.56 Å². The maximum atomic E-state index is 12.5. The Morgan fingerprint density at radius 1 is 1.25 bits per heavy atom. The summed E-state index contributed by atoms with van der Waals surface area (Å²) < 4.78 is 2.06. The molecule has 1 saturated heterocycles. The van der Waals surface area contributed by atoms with Crippen molar-refractivity contribution in [2.75, 3.05) is 7.05 Å². The van der Waals surface area contributed by atoms with E-state index in [1.54, 1.807) is 5.01 Å². The molecule has 2 N–H and O–H groups in total. The van der Waals surface area contributed by atoms with Gasteiger partial charge in [0.25, 0.3) is 11.7 Å². The number of hydrazine groups is 1. The second kappa shape index (κ2) is 4.08. The van der Waals surface area contributed by atoms with Crippen LogP contribution < -0.4 is 5.73 Å². The number of fused-ring (bicyclic) bond motifs is 5. The molecule has 0 spiro atoms. The maximum absolute atomic E-state index is 12.5. The van der Waals surface area contributed by atoms with Gasteiger partial charge < -0.3 is 0 Å². The van der Waals surface area contributed by atoms with Gasteiger partial charge in [0.2, 0.25) is 0 Å². The molecule has 1 heterocycles. The van der Waals surface area contributed by atoms with Crippen LogP contribution in [-0.4, -0.2) is 34.5 Å². The minimum Gasteiger partial charge on any atom is -0.285 e. The molecule has 104 valence electrons. The summed E-state index contributed by atoms with van der Waals surface area (Å²) in [6.45, 7) is 0. The molecule has 3 fully saturated rings. The van der Waals surface area contributed by atoms with Gasteiger partial charge >= 0.3 is 0 Å². The number of hydrazone groups is 1. The highest BCUT2D eigenvalue weighted by molar-refractivity contribution is 5.94. The van der Waals surface area contributed by atoms with Crippen LogP contribution in [-0.2, 0) is 4.79 Å². The first kappa shape index (κ1) is 11.9. The number of hydrogen-bond donors (Lipinski definition) is 1. The van der Waals surface area contributed by atoms with Gasteiger partial charge in [0.05, 0.1) is 18.5 Å². The average Bonchev–Trinajstić information content (AvgIpc) is 3.14. The Labute approximate surface area is 118 Å². The third-order valence-corrected chi connectivity index (χ3v) is 5.40. The number of nitrogens with zero attached hydrogens (tertiary/aromatic N) is 2. The zero-order valence-electron chi connectivity index (χ0n) is 11.7. The zero-order valence-corrected chi connectivity index (χ0v) is 11.7. The number of nitrogens with two attached hydrogens (primary N) is 1. The zero-order chi connectivity index (χ0) is 13.9. The van der Waals surface area contributed by atoms with E-state index < -0.39 is 0 Å². The van der Waals surface area contributed by atoms with Crippen molar-refractivity contribution in [3.05, 3.63) is 35.9 Å². The summed E-state index contributed by atoms with van der Waals surface area (Å²) in [4.78, 5) is 12.5. The second-order valence-electron chi connectivity index (χ2n) is 6.31. The predicted octanol–water partition coefficient (Wildman–Crippen LogP) is 1.21. The van der Waals surface area contributed by atoms with E-state index >= 15 is 0 Å². The van der Waals surface area contributed by atoms with Gasteiger partial charge in [-0.05, 0) is 37.3 Å². The highest BCUT2D eigenvalue weighted by atomic mass is 16.2. The lowest BCUT2D eigenvalue weighted by Crippen LogP contribution is -2.42. The van der Waals surface area contributed by atoms with Gasteiger partial charge in [-0.25, -0.2) is 0 Å². The van der Waals surface area contributed by atoms with Gasteiger partial charge in [0.15, 0.2) is 0 Å². The van der Waals surface area contributed by atoms with Crippen molar-refractivity contribution in [1.29, 1.82) is 0 Å². The molecule has 1 aromatic carbocycles. The lowest BCUT2D eigenvalue weighted by atomic mass is 9.85. The van der Waals surface area contributed by atoms with Crippen LogP contribution in [0.5, 0.6) is 0 Å². The van der Waals surface area contributed by atoms with Crippen LogP contribution in [0.1, 0.15) is 24.8 Å². The van der Waals surface area contributed by atoms with Gasteiger partial charge in [-0.15, -0.1) is 4.68 Å². The van der Waals surface area contributed by atoms with Crippen LogP contribution in [0.3, 0.4) is 0 Å². The molecular weight excluding hydrogens is 250 g/mol. The van der Waals surface area contributed by atoms with Crippen molar-refractivity contribution in [3.63, 3.8) is 0 Å². The molecule has 2 saturated carbocycles. The Morgan fingerprint density at radius 2 is 1.95 bits per heavy atom. The van der Waals surface area contributed by atoms with E-state index in [1.807, 2.05) is 37.4 Å². The molecule has 0 radical (unpaired) electrons. The molecule has 0 unspecified atom stereocenters. The number of amides is 1. The van der Waals surface area contributed by atoms with E-state index in [0.29, 0.717) is 17.7 Å². The number of carbonyl (C=O) groups excluding carboxylic acids is 1. The SMILES string of the molecule is CN1C(=O)[C@H]2[C@@H]3CC[C@@H](C3)[C@H]2/[N+]1=C(\N)c1ccccc1. The molecule has 1 amide bonds. The van der Waals surface area contributed by atoms with Gasteiger partial charge in [-0.2, -0.15) is 5.01 Å². The van der Waals surface area contributed by atoms with Crippen molar-refractivity contribution in [3.8, 4) is 0 Å². The highest BCUT2D eigenvalue weighted by Crippen LogP contribution is 2.52. The fourth-order valence-electron chi connectivity index (χ4n) is 4.55. The fourth-order valence-corrected chi connectivity index (χ4v) is 4.55. The molecule has 4 rings (SSSR count). The first-order valence-electron chi connectivity index (χ1n) is 7.43. The quantitative estimate of drug-likeness (QED) is 0.616. The summed E-state index contributed by atoms with van der Waals surface area (Å²) in [5.74, 6) is 2.33. The lowest BCUT2D eigenvalue weighted by Gasteiger charge is -2.21. The molecule has 3 aliphatic rings. The Bertz CT molecular complexity index is 595. The molecule has 4 heteroatoms. The van der Waals surface area contributed by atoms with Crippen molar-refractivity contribution < 1.29 is 9.48 Å². The first-order chi connectivity index (χ1) is 9.68. The highest BCUT2D eigenvalue weighted by Gasteiger charge is 2.61. The van der Waals surface area contributed by atoms with E-state index in [2.05, 4.69) is 4.68 Å². The number of carbonyl (C=O) groups is 1. The van der Waals surface area contributed by atoms with Crippen LogP contribution >= 0.6 is 0 Å². The Kier molecular flexibility index (Phi) is 2.43. The summed E-state index contributed by atoms with van der Waals surface area (Å²) in [7, 11) is 1.86. The second-order valence-corrected chi connectivity index (χ2v) is 6.31. The number of rotatable bonds is 1. The molecule has 20 heavy (non-hydrogen) atoms. The summed E-state index contributed by atoms with van der Waals surface area (Å²) in [6.07, 6.45) is 3.66. The van der Waals surface area contributed by atoms with Crippen molar-refractivity contribution in [2.45, 2.75) is 25.3 Å². The normalized spacial score (nSPS) is 37.5. The molecule has 2 bridgehead atoms. The first-order valence-corrected chi connectivity index (χ1v) is 7.43. The summed E-state index contributed by atoms with van der Waals surface area (Å²) in [6, 6.07) is 10.3. The summed E-state index contributed by atoms with van der Waals surface area (Å²) in [5.41, 5.74) is 7.39. The Hall–Kier alpha value is -1.84. The van der Waals surface area contributed by atoms with Crippen molar-refractivity contribution in [1.82, 2.24) is 5.01 Å². The predicted molar refractivity (Wildman–Crippen MR) is 75.9 cm³/mol. The lowest BCUT2D eigenvalue weighted by molar-refractivity contribution is -0.684. The summed E-state index contributed by atoms with van der Waals surface area (Å²) >= 11 is 0. The molecule has 0 aromatic heterocycles. The Balaban J connectivity index is 1.83. The monoisotopic (exact) mass is 270 g/mol. The van der Waals surface area contributed by atoms with E-state index in [1.165, 1.54) is 19.3 Å². The van der Waals surface area contributed by atoms with E-state index in [4.69, 9.17) is 5.73 Å². The van der Waals surface area contributed by atoms with Gasteiger partial charge in [-0.1, -0.05) is 18.2 Å². The van der Waals surface area contributed by atoms with Crippen LogP contribution in [0.15, 0.2) is 30.3 Å². The molecule has 1 aromatic rings. The smallest absolute Gasteiger partial charge is 0.285 e. The third kappa shape index (κ3) is 1.42. The van der Waals surface area contributed by atoms with Crippen LogP contribution in [0.2, 0.25) is 0 Å². The van der Waals surface area contributed by atoms with Gasteiger partial charge in [-0.3, -0.25) is 10.5 Å². The number of benzene rings is 1. The standard InChI is InChI=1S/C16H19N3O/c1-18-16(20)13-11-7-8-12(9-11)14(13)19(18)15(17)10-5-3-2-4-6-10/h2-6,11-14,17H,7-9H2,1H3/p+1/t11-,12+,13+,14-/m1/s1. The molecular formula is C16H20N3O+. The molecule has 4 nitrogen and oxygen atoms in total. The number of amidine groups is 1. The van der Waals surface area contributed by atoms with E-state index in [-0.39, 0.29) is 17.9 Å². The minimum atomic E-state index is 0.168. The average molecular weight is 270 g/mol. The van der Waals surface area contributed by atoms with Crippen molar-refractivity contribution in [2.24, 2.45) is 23.5 Å². The van der Waals surface area contributed by atoms with Crippen LogP contribution in [0, 0.1) is 17.8 Å². The van der Waals surface area contributed by atoms with E-state index in [9.17, 15) is 4.79 Å². The third-order valence-electron chi connectivity index (χ3n) is 5.40. The summed E-state index contributed by atoms with van der Waals surface area (Å²) in [5, 5.41) is 1.75. The fraction of sp³-hybridized carbons (Fsp3) is 0.500. The molecule has 4 atom stereocenters. The van der Waals surface area contributed by atoms with Crippen LogP contribution in [0.4, 0.5) is 0 Å². The molecule has 2 aliphatic carbocycles. The Morgan fingerprint density at radius 3 is 2.70 bits per heavy atom. The minimum absolute atomic E-state index is 0.168. The van der Waals surface area contributed by atoms with Crippen LogP contribution in [0.25, 0.3) is 0 Å². The largest absolute Gasteiger partial charge is 0.299 e. The maximum Gasteiger partial charge on any atom is 0.299 e. The number of hydrogen-bond acceptors (Lipinski definition) is 1. The topological polar surface area (TPSA) is 49.3 Å². The molecule has 1 aliphatic heterocycles. The van der Waals surface area contributed by atoms with Gasteiger partial charge in [0, 0.05) is 5.92 Å². The van der Waals surface area contributed by atoms with Gasteiger partial charge in [0.1, 0.15) is 6.04 Å². The van der Waals surface area contributed by atoms with Crippen molar-refractivity contribution >= 4 is 11.7 Å².